The molecule has 2 aliphatic heterocycles. The second-order valence-electron chi connectivity index (χ2n) is 9.04. The van der Waals surface area contributed by atoms with Gasteiger partial charge in [0.1, 0.15) is 11.6 Å². The van der Waals surface area contributed by atoms with E-state index in [-0.39, 0.29) is 18.0 Å². The summed E-state index contributed by atoms with van der Waals surface area (Å²) in [5.74, 6) is -2.12. The monoisotopic (exact) mass is 490 g/mol. The molecule has 0 aliphatic carbocycles. The number of aromatic nitrogens is 1. The molecule has 1 atom stereocenters. The molecule has 3 heterocycles. The Balaban J connectivity index is 1.41. The molecular formula is C27H24F2N4O3. The maximum absolute atomic E-state index is 14.2. The first kappa shape index (κ1) is 23.6. The summed E-state index contributed by atoms with van der Waals surface area (Å²) >= 11 is 0. The van der Waals surface area contributed by atoms with E-state index in [1.165, 1.54) is 42.5 Å². The molecule has 1 N–H and O–H groups in total. The van der Waals surface area contributed by atoms with Crippen LogP contribution in [-0.2, 0) is 16.9 Å². The van der Waals surface area contributed by atoms with Gasteiger partial charge in [0, 0.05) is 31.0 Å². The van der Waals surface area contributed by atoms with E-state index in [0.717, 1.165) is 4.90 Å². The smallest absolute Gasteiger partial charge is 0.325 e. The van der Waals surface area contributed by atoms with Gasteiger partial charge in [-0.05, 0) is 54.7 Å². The maximum atomic E-state index is 14.2. The van der Waals surface area contributed by atoms with Gasteiger partial charge in [0.05, 0.1) is 12.1 Å². The van der Waals surface area contributed by atoms with Gasteiger partial charge >= 0.3 is 6.03 Å². The van der Waals surface area contributed by atoms with Gasteiger partial charge < -0.3 is 10.2 Å². The summed E-state index contributed by atoms with van der Waals surface area (Å²) in [7, 11) is 0. The lowest BCUT2D eigenvalue weighted by Gasteiger charge is -2.41. The van der Waals surface area contributed by atoms with Crippen molar-refractivity contribution in [3.05, 3.63) is 101 Å². The van der Waals surface area contributed by atoms with Crippen LogP contribution < -0.4 is 5.32 Å². The normalized spacial score (nSPS) is 20.5. The van der Waals surface area contributed by atoms with Crippen molar-refractivity contribution in [2.75, 3.05) is 13.1 Å². The highest BCUT2D eigenvalue weighted by Crippen LogP contribution is 2.41. The number of hydrogen-bond acceptors (Lipinski definition) is 4. The lowest BCUT2D eigenvalue weighted by atomic mass is 9.73. The molecule has 184 valence electrons. The summed E-state index contributed by atoms with van der Waals surface area (Å²) in [6.07, 6.45) is 4.00. The number of hydrogen-bond donors (Lipinski definition) is 1. The van der Waals surface area contributed by atoms with Gasteiger partial charge in [-0.2, -0.15) is 0 Å². The molecule has 4 amide bonds. The van der Waals surface area contributed by atoms with E-state index in [1.54, 1.807) is 35.5 Å². The number of carbonyl (C=O) groups is 3. The summed E-state index contributed by atoms with van der Waals surface area (Å²) in [5, 5.41) is 2.93. The average Bonchev–Trinajstić information content (AvgIpc) is 3.16. The largest absolute Gasteiger partial charge is 0.339 e. The molecule has 2 saturated heterocycles. The fraction of sp³-hybridized carbons (Fsp3) is 0.259. The number of benzene rings is 2. The van der Waals surface area contributed by atoms with Gasteiger partial charge in [-0.25, -0.2) is 13.6 Å². The zero-order valence-corrected chi connectivity index (χ0v) is 19.4. The minimum Gasteiger partial charge on any atom is -0.339 e. The number of nitrogens with one attached hydrogen (secondary N) is 1. The van der Waals surface area contributed by atoms with Crippen LogP contribution in [0.15, 0.2) is 73.1 Å². The quantitative estimate of drug-likeness (QED) is 0.551. The Labute approximate surface area is 206 Å². The van der Waals surface area contributed by atoms with Crippen molar-refractivity contribution in [2.45, 2.75) is 24.9 Å². The van der Waals surface area contributed by atoms with Crippen LogP contribution in [0.25, 0.3) is 0 Å². The van der Waals surface area contributed by atoms with E-state index in [9.17, 15) is 23.2 Å². The summed E-state index contributed by atoms with van der Waals surface area (Å²) in [5.41, 5.74) is -0.164. The Hall–Kier alpha value is -4.14. The van der Waals surface area contributed by atoms with Gasteiger partial charge in [0.2, 0.25) is 0 Å². The number of piperidine rings is 1. The van der Waals surface area contributed by atoms with E-state index in [2.05, 4.69) is 10.3 Å². The van der Waals surface area contributed by atoms with Crippen molar-refractivity contribution >= 4 is 17.8 Å². The van der Waals surface area contributed by atoms with Crippen LogP contribution in [0.3, 0.4) is 0 Å². The summed E-state index contributed by atoms with van der Waals surface area (Å²) < 4.78 is 27.5. The summed E-state index contributed by atoms with van der Waals surface area (Å²) in [4.78, 5) is 46.8. The predicted molar refractivity (Wildman–Crippen MR) is 126 cm³/mol. The van der Waals surface area contributed by atoms with E-state index < -0.39 is 35.0 Å². The van der Waals surface area contributed by atoms with Crippen LogP contribution in [0.1, 0.15) is 34.3 Å². The topological polar surface area (TPSA) is 82.6 Å². The third-order valence-corrected chi connectivity index (χ3v) is 7.00. The minimum absolute atomic E-state index is 0.00241. The van der Waals surface area contributed by atoms with Gasteiger partial charge in [-0.3, -0.25) is 19.5 Å². The van der Waals surface area contributed by atoms with Crippen LogP contribution in [0, 0.1) is 17.6 Å². The molecule has 1 aromatic heterocycles. The molecule has 36 heavy (non-hydrogen) atoms. The fourth-order valence-electron chi connectivity index (χ4n) is 5.14. The number of amides is 4. The number of pyridine rings is 1. The Bertz CT molecular complexity index is 1290. The number of imide groups is 1. The molecule has 3 aromatic rings. The van der Waals surface area contributed by atoms with Gasteiger partial charge in [0.25, 0.3) is 11.8 Å². The molecular weight excluding hydrogens is 466 g/mol. The SMILES string of the molecule is O=C(c1ccccc1F)N1CCC([C@@]2(c3cccnc3)NC(=O)N(Cc3ccc(F)cc3)C2=O)CC1. The fourth-order valence-corrected chi connectivity index (χ4v) is 5.14. The van der Waals surface area contributed by atoms with E-state index >= 15 is 0 Å². The first-order valence-electron chi connectivity index (χ1n) is 11.7. The number of urea groups is 1. The second kappa shape index (κ2) is 9.49. The van der Waals surface area contributed by atoms with Crippen LogP contribution in [0.4, 0.5) is 13.6 Å². The lowest BCUT2D eigenvalue weighted by molar-refractivity contribution is -0.134. The van der Waals surface area contributed by atoms with Crippen molar-refractivity contribution in [1.82, 2.24) is 20.1 Å². The van der Waals surface area contributed by atoms with Crippen LogP contribution in [0.5, 0.6) is 0 Å². The van der Waals surface area contributed by atoms with Crippen molar-refractivity contribution in [1.29, 1.82) is 0 Å². The molecule has 0 radical (unpaired) electrons. The standard InChI is InChI=1S/C27H24F2N4O3/c28-21-9-7-18(8-10-21)17-33-25(35)27(31-26(33)36,20-4-3-13-30-16-20)19-11-14-32(15-12-19)24(34)22-5-1-2-6-23(22)29/h1-10,13,16,19H,11-12,14-15,17H2,(H,31,36)/t27-/m0/s1. The van der Waals surface area contributed by atoms with E-state index in [4.69, 9.17) is 0 Å². The molecule has 0 spiro atoms. The molecule has 7 nitrogen and oxygen atoms in total. The van der Waals surface area contributed by atoms with Crippen LogP contribution in [-0.4, -0.2) is 45.7 Å². The zero-order chi connectivity index (χ0) is 25.3. The molecule has 2 fully saturated rings. The molecule has 2 aliphatic rings. The highest BCUT2D eigenvalue weighted by Gasteiger charge is 2.57. The maximum Gasteiger partial charge on any atom is 0.325 e. The van der Waals surface area contributed by atoms with Gasteiger partial charge in [-0.1, -0.05) is 30.3 Å². The van der Waals surface area contributed by atoms with Crippen molar-refractivity contribution < 1.29 is 23.2 Å². The van der Waals surface area contributed by atoms with E-state index in [0.29, 0.717) is 37.1 Å². The number of rotatable bonds is 5. The van der Waals surface area contributed by atoms with Crippen LogP contribution in [0.2, 0.25) is 0 Å². The molecule has 0 unspecified atom stereocenters. The molecule has 5 rings (SSSR count). The average molecular weight is 491 g/mol. The Morgan fingerprint density at radius 2 is 1.72 bits per heavy atom. The van der Waals surface area contributed by atoms with E-state index in [1.807, 2.05) is 0 Å². The zero-order valence-electron chi connectivity index (χ0n) is 19.4. The first-order valence-corrected chi connectivity index (χ1v) is 11.7. The van der Waals surface area contributed by atoms with Crippen molar-refractivity contribution in [2.24, 2.45) is 5.92 Å². The summed E-state index contributed by atoms with van der Waals surface area (Å²) in [6.45, 7) is 0.611. The first-order chi connectivity index (χ1) is 17.4. The number of likely N-dealkylation sites (tertiary alicyclic amines) is 1. The molecule has 2 aromatic carbocycles. The Morgan fingerprint density at radius 1 is 1.00 bits per heavy atom. The third-order valence-electron chi connectivity index (χ3n) is 7.00. The summed E-state index contributed by atoms with van der Waals surface area (Å²) in [6, 6.07) is 14.4. The number of halogens is 2. The Morgan fingerprint density at radius 3 is 2.39 bits per heavy atom. The molecule has 9 heteroatoms. The minimum atomic E-state index is -1.35. The van der Waals surface area contributed by atoms with Crippen LogP contribution >= 0.6 is 0 Å². The number of nitrogens with zero attached hydrogens (tertiary/aromatic N) is 3. The second-order valence-corrected chi connectivity index (χ2v) is 9.04. The highest BCUT2D eigenvalue weighted by molar-refractivity contribution is 6.07. The predicted octanol–water partition coefficient (Wildman–Crippen LogP) is 3.86. The number of carbonyl (C=O) groups excluding carboxylic acids is 3. The molecule has 0 saturated carbocycles. The lowest BCUT2D eigenvalue weighted by Crippen LogP contribution is -2.54. The molecule has 0 bridgehead atoms. The van der Waals surface area contributed by atoms with Crippen molar-refractivity contribution in [3.63, 3.8) is 0 Å². The Kier molecular flexibility index (Phi) is 6.22. The van der Waals surface area contributed by atoms with Gasteiger partial charge in [-0.15, -0.1) is 0 Å². The van der Waals surface area contributed by atoms with Gasteiger partial charge in [0.15, 0.2) is 5.54 Å². The van der Waals surface area contributed by atoms with Crippen molar-refractivity contribution in [3.8, 4) is 0 Å². The highest BCUT2D eigenvalue weighted by atomic mass is 19.1. The third kappa shape index (κ3) is 4.10.